The molecule has 0 heterocycles. The summed E-state index contributed by atoms with van der Waals surface area (Å²) >= 11 is 3.44. The molecule has 0 aliphatic rings. The molecule has 0 saturated heterocycles. The van der Waals surface area contributed by atoms with Gasteiger partial charge < -0.3 is 5.32 Å². The number of hydrogen-bond acceptors (Lipinski definition) is 1. The molecule has 1 amide bonds. The van der Waals surface area contributed by atoms with Gasteiger partial charge in [-0.15, -0.1) is 0 Å². The third-order valence-corrected chi connectivity index (χ3v) is 4.06. The van der Waals surface area contributed by atoms with Crippen molar-refractivity contribution in [1.29, 1.82) is 0 Å². The summed E-state index contributed by atoms with van der Waals surface area (Å²) in [4.78, 5) is 12.0. The van der Waals surface area contributed by atoms with Crippen molar-refractivity contribution in [2.75, 3.05) is 6.54 Å². The molecule has 17 heavy (non-hydrogen) atoms. The Hall–Kier alpha value is -0.830. The van der Waals surface area contributed by atoms with E-state index in [2.05, 4.69) is 42.0 Å². The third kappa shape index (κ3) is 3.84. The van der Waals surface area contributed by atoms with Crippen LogP contribution in [0.25, 0.3) is 0 Å². The smallest absolute Gasteiger partial charge is 0.251 e. The van der Waals surface area contributed by atoms with E-state index in [1.165, 1.54) is 0 Å². The average molecular weight is 298 g/mol. The number of carbonyl (C=O) groups is 1. The normalized spacial score (nSPS) is 11.4. The van der Waals surface area contributed by atoms with Crippen LogP contribution in [0.4, 0.5) is 0 Å². The van der Waals surface area contributed by atoms with E-state index in [0.717, 1.165) is 22.0 Å². The molecule has 0 aromatic heterocycles. The molecule has 0 fully saturated rings. The van der Waals surface area contributed by atoms with Crippen molar-refractivity contribution < 1.29 is 4.79 Å². The summed E-state index contributed by atoms with van der Waals surface area (Å²) in [6.45, 7) is 9.09. The van der Waals surface area contributed by atoms with Gasteiger partial charge in [-0.2, -0.15) is 0 Å². The van der Waals surface area contributed by atoms with Crippen LogP contribution in [0.3, 0.4) is 0 Å². The standard InChI is InChI=1S/C14H20BrNO/c1-5-14(3,4)9-16-13(17)11-7-6-8-12(15)10(11)2/h6-8H,5,9H2,1-4H3,(H,16,17). The zero-order chi connectivity index (χ0) is 13.1. The minimum atomic E-state index is 0.00493. The van der Waals surface area contributed by atoms with Gasteiger partial charge in [0.05, 0.1) is 0 Å². The average Bonchev–Trinajstić information content (AvgIpc) is 2.30. The molecule has 0 aliphatic carbocycles. The maximum absolute atomic E-state index is 12.0. The second kappa shape index (κ2) is 5.67. The number of rotatable bonds is 4. The van der Waals surface area contributed by atoms with Gasteiger partial charge in [0.1, 0.15) is 0 Å². The van der Waals surface area contributed by atoms with E-state index in [4.69, 9.17) is 0 Å². The molecule has 1 aromatic carbocycles. The van der Waals surface area contributed by atoms with Gasteiger partial charge in [-0.25, -0.2) is 0 Å². The number of amides is 1. The lowest BCUT2D eigenvalue weighted by molar-refractivity contribution is 0.0935. The molecule has 1 aromatic rings. The fourth-order valence-electron chi connectivity index (χ4n) is 1.39. The Bertz CT molecular complexity index is 413. The van der Waals surface area contributed by atoms with Gasteiger partial charge in [0.25, 0.3) is 5.91 Å². The van der Waals surface area contributed by atoms with Crippen LogP contribution in [-0.2, 0) is 0 Å². The molecule has 0 spiro atoms. The van der Waals surface area contributed by atoms with Crippen molar-refractivity contribution in [2.24, 2.45) is 5.41 Å². The highest BCUT2D eigenvalue weighted by Crippen LogP contribution is 2.21. The predicted molar refractivity (Wildman–Crippen MR) is 75.3 cm³/mol. The van der Waals surface area contributed by atoms with Gasteiger partial charge in [-0.05, 0) is 36.5 Å². The number of hydrogen-bond donors (Lipinski definition) is 1. The minimum Gasteiger partial charge on any atom is -0.351 e. The zero-order valence-electron chi connectivity index (χ0n) is 10.9. The van der Waals surface area contributed by atoms with Gasteiger partial charge in [0.2, 0.25) is 0 Å². The van der Waals surface area contributed by atoms with Crippen molar-refractivity contribution in [3.8, 4) is 0 Å². The Morgan fingerprint density at radius 1 is 1.41 bits per heavy atom. The van der Waals surface area contributed by atoms with Crippen molar-refractivity contribution >= 4 is 21.8 Å². The van der Waals surface area contributed by atoms with Crippen molar-refractivity contribution in [3.63, 3.8) is 0 Å². The Balaban J connectivity index is 2.74. The maximum atomic E-state index is 12.0. The van der Waals surface area contributed by atoms with Crippen LogP contribution in [0.15, 0.2) is 22.7 Å². The second-order valence-electron chi connectivity index (χ2n) is 5.11. The number of nitrogens with one attached hydrogen (secondary N) is 1. The lowest BCUT2D eigenvalue weighted by atomic mass is 9.90. The van der Waals surface area contributed by atoms with Crippen molar-refractivity contribution in [3.05, 3.63) is 33.8 Å². The quantitative estimate of drug-likeness (QED) is 0.896. The summed E-state index contributed by atoms with van der Waals surface area (Å²) in [6.07, 6.45) is 1.05. The Morgan fingerprint density at radius 2 is 2.06 bits per heavy atom. The topological polar surface area (TPSA) is 29.1 Å². The van der Waals surface area contributed by atoms with Crippen molar-refractivity contribution in [1.82, 2.24) is 5.32 Å². The van der Waals surface area contributed by atoms with E-state index < -0.39 is 0 Å². The highest BCUT2D eigenvalue weighted by molar-refractivity contribution is 9.10. The summed E-state index contributed by atoms with van der Waals surface area (Å²) in [5.41, 5.74) is 1.88. The van der Waals surface area contributed by atoms with E-state index in [0.29, 0.717) is 6.54 Å². The summed E-state index contributed by atoms with van der Waals surface area (Å²) in [7, 11) is 0. The van der Waals surface area contributed by atoms with E-state index in [9.17, 15) is 4.79 Å². The van der Waals surface area contributed by atoms with Crippen molar-refractivity contribution in [2.45, 2.75) is 34.1 Å². The van der Waals surface area contributed by atoms with E-state index in [-0.39, 0.29) is 11.3 Å². The Kier molecular flexibility index (Phi) is 4.75. The second-order valence-corrected chi connectivity index (χ2v) is 5.97. The molecule has 1 rings (SSSR count). The largest absolute Gasteiger partial charge is 0.351 e. The fraction of sp³-hybridized carbons (Fsp3) is 0.500. The molecular weight excluding hydrogens is 278 g/mol. The summed E-state index contributed by atoms with van der Waals surface area (Å²) in [5.74, 6) is 0.00493. The maximum Gasteiger partial charge on any atom is 0.251 e. The summed E-state index contributed by atoms with van der Waals surface area (Å²) in [5, 5.41) is 3.00. The highest BCUT2D eigenvalue weighted by atomic mass is 79.9. The molecule has 0 atom stereocenters. The van der Waals surface area contributed by atoms with Gasteiger partial charge in [-0.1, -0.05) is 42.8 Å². The molecule has 3 heteroatoms. The molecule has 0 saturated carbocycles. The fourth-order valence-corrected chi connectivity index (χ4v) is 1.76. The van der Waals surface area contributed by atoms with Crippen LogP contribution >= 0.6 is 15.9 Å². The SMILES string of the molecule is CCC(C)(C)CNC(=O)c1cccc(Br)c1C. The first kappa shape index (κ1) is 14.2. The van der Waals surface area contributed by atoms with Gasteiger partial charge in [0, 0.05) is 16.6 Å². The highest BCUT2D eigenvalue weighted by Gasteiger charge is 2.17. The van der Waals surface area contributed by atoms with Crippen LogP contribution < -0.4 is 5.32 Å². The lowest BCUT2D eigenvalue weighted by Gasteiger charge is -2.23. The molecule has 2 nitrogen and oxygen atoms in total. The minimum absolute atomic E-state index is 0.00493. The van der Waals surface area contributed by atoms with Crippen LogP contribution in [0, 0.1) is 12.3 Å². The first-order valence-corrected chi connectivity index (χ1v) is 6.70. The Morgan fingerprint density at radius 3 is 2.65 bits per heavy atom. The Labute approximate surface area is 112 Å². The van der Waals surface area contributed by atoms with E-state index in [1.54, 1.807) is 0 Å². The molecule has 94 valence electrons. The molecule has 1 N–H and O–H groups in total. The molecule has 0 unspecified atom stereocenters. The van der Waals surface area contributed by atoms with Gasteiger partial charge in [0.15, 0.2) is 0 Å². The zero-order valence-corrected chi connectivity index (χ0v) is 12.5. The summed E-state index contributed by atoms with van der Waals surface area (Å²) < 4.78 is 0.972. The van der Waals surface area contributed by atoms with Gasteiger partial charge in [-0.3, -0.25) is 4.79 Å². The monoisotopic (exact) mass is 297 g/mol. The molecule has 0 radical (unpaired) electrons. The molecule has 0 aliphatic heterocycles. The molecule has 0 bridgehead atoms. The van der Waals surface area contributed by atoms with Crippen LogP contribution in [0.1, 0.15) is 43.1 Å². The number of halogens is 1. The first-order chi connectivity index (χ1) is 7.87. The lowest BCUT2D eigenvalue weighted by Crippen LogP contribution is -2.33. The number of benzene rings is 1. The van der Waals surface area contributed by atoms with E-state index in [1.807, 2.05) is 25.1 Å². The van der Waals surface area contributed by atoms with Crippen LogP contribution in [0.5, 0.6) is 0 Å². The summed E-state index contributed by atoms with van der Waals surface area (Å²) in [6, 6.07) is 5.69. The van der Waals surface area contributed by atoms with Crippen LogP contribution in [-0.4, -0.2) is 12.5 Å². The molecular formula is C14H20BrNO. The predicted octanol–water partition coefficient (Wildman–Crippen LogP) is 3.92. The van der Waals surface area contributed by atoms with E-state index >= 15 is 0 Å². The third-order valence-electron chi connectivity index (χ3n) is 3.20. The van der Waals surface area contributed by atoms with Gasteiger partial charge >= 0.3 is 0 Å². The van der Waals surface area contributed by atoms with Crippen LogP contribution in [0.2, 0.25) is 0 Å². The number of carbonyl (C=O) groups excluding carboxylic acids is 1. The first-order valence-electron chi connectivity index (χ1n) is 5.90.